The average molecular weight is 306 g/mol. The van der Waals surface area contributed by atoms with E-state index in [9.17, 15) is 9.90 Å². The van der Waals surface area contributed by atoms with Gasteiger partial charge >= 0.3 is 0 Å². The van der Waals surface area contributed by atoms with Crippen LogP contribution in [0.25, 0.3) is 0 Å². The highest BCUT2D eigenvalue weighted by atomic mass is 16.3. The van der Waals surface area contributed by atoms with Crippen molar-refractivity contribution in [1.29, 1.82) is 0 Å². The molecule has 4 saturated carbocycles. The summed E-state index contributed by atoms with van der Waals surface area (Å²) < 4.78 is 0. The molecule has 0 aromatic heterocycles. The lowest BCUT2D eigenvalue weighted by Crippen LogP contribution is -2.54. The summed E-state index contributed by atoms with van der Waals surface area (Å²) in [6.45, 7) is 4.85. The van der Waals surface area contributed by atoms with Gasteiger partial charge in [0.25, 0.3) is 0 Å². The van der Waals surface area contributed by atoms with Crippen molar-refractivity contribution < 1.29 is 9.90 Å². The van der Waals surface area contributed by atoms with Crippen molar-refractivity contribution in [2.45, 2.75) is 85.2 Å². The summed E-state index contributed by atoms with van der Waals surface area (Å²) in [5, 5.41) is 10.5. The Balaban J connectivity index is 0.00000144. The Morgan fingerprint density at radius 1 is 0.955 bits per heavy atom. The van der Waals surface area contributed by atoms with Gasteiger partial charge in [-0.15, -0.1) is 0 Å². The van der Waals surface area contributed by atoms with Crippen LogP contribution in [0.15, 0.2) is 0 Å². The predicted octanol–water partition coefficient (Wildman–Crippen LogP) is 4.60. The number of Topliss-reactive ketones (excluding diaryl/α,β-unsaturated/α-hetero) is 1. The van der Waals surface area contributed by atoms with Gasteiger partial charge in [0.05, 0.1) is 6.10 Å². The Morgan fingerprint density at radius 3 is 2.45 bits per heavy atom. The van der Waals surface area contributed by atoms with Crippen LogP contribution in [0.2, 0.25) is 0 Å². The molecule has 0 amide bonds. The van der Waals surface area contributed by atoms with Crippen molar-refractivity contribution in [1.82, 2.24) is 0 Å². The topological polar surface area (TPSA) is 37.3 Å². The smallest absolute Gasteiger partial charge is 0.133 e. The number of hydrogen-bond donors (Lipinski definition) is 1. The summed E-state index contributed by atoms with van der Waals surface area (Å²) in [4.78, 5) is 11.9. The summed E-state index contributed by atoms with van der Waals surface area (Å²) in [5.41, 5.74) is 0.598. The molecular formula is C20H34O2. The summed E-state index contributed by atoms with van der Waals surface area (Å²) in [5.74, 6) is 3.52. The Hall–Kier alpha value is -0.370. The Bertz CT molecular complexity index is 459. The van der Waals surface area contributed by atoms with Crippen LogP contribution in [0.1, 0.15) is 79.1 Å². The van der Waals surface area contributed by atoms with E-state index < -0.39 is 0 Å². The summed E-state index contributed by atoms with van der Waals surface area (Å²) in [6, 6.07) is 0. The van der Waals surface area contributed by atoms with Gasteiger partial charge in [0.1, 0.15) is 5.78 Å². The summed E-state index contributed by atoms with van der Waals surface area (Å²) in [7, 11) is 0. The second kappa shape index (κ2) is 5.33. The van der Waals surface area contributed by atoms with E-state index in [4.69, 9.17) is 0 Å². The first-order valence-electron chi connectivity index (χ1n) is 9.15. The molecule has 4 aliphatic carbocycles. The SMILES string of the molecule is C.CC12CCC3C(CCC4CC(=O)CCC43C)C1CCC2O. The molecule has 7 unspecified atom stereocenters. The van der Waals surface area contributed by atoms with Gasteiger partial charge in [-0.1, -0.05) is 21.3 Å². The number of rotatable bonds is 0. The van der Waals surface area contributed by atoms with Crippen LogP contribution < -0.4 is 0 Å². The fourth-order valence-corrected chi connectivity index (χ4v) is 7.02. The standard InChI is InChI=1S/C19H30O2.CH4/c1-18-9-7-13(20)11-12(18)3-4-14-15-5-6-17(21)19(15,2)10-8-16(14)18;/h12,14-17,21H,3-11H2,1-2H3;1H4. The zero-order valence-corrected chi connectivity index (χ0v) is 13.6. The molecular weight excluding hydrogens is 272 g/mol. The second-order valence-corrected chi connectivity index (χ2v) is 9.04. The highest BCUT2D eigenvalue weighted by molar-refractivity contribution is 5.79. The van der Waals surface area contributed by atoms with Crippen LogP contribution in [0.4, 0.5) is 0 Å². The fraction of sp³-hybridized carbons (Fsp3) is 0.950. The molecule has 22 heavy (non-hydrogen) atoms. The highest BCUT2D eigenvalue weighted by Gasteiger charge is 2.59. The zero-order chi connectivity index (χ0) is 14.8. The number of carbonyl (C=O) groups is 1. The first kappa shape index (κ1) is 16.5. The Kier molecular flexibility index (Phi) is 3.99. The van der Waals surface area contributed by atoms with E-state index in [2.05, 4.69) is 13.8 Å². The molecule has 0 spiro atoms. The molecule has 0 bridgehead atoms. The van der Waals surface area contributed by atoms with Gasteiger partial charge in [0.2, 0.25) is 0 Å². The zero-order valence-electron chi connectivity index (χ0n) is 13.6. The third-order valence-corrected chi connectivity index (χ3v) is 8.43. The van der Waals surface area contributed by atoms with Crippen LogP contribution in [0.5, 0.6) is 0 Å². The third-order valence-electron chi connectivity index (χ3n) is 8.43. The third kappa shape index (κ3) is 2.05. The molecule has 1 N–H and O–H groups in total. The van der Waals surface area contributed by atoms with Crippen molar-refractivity contribution in [3.05, 3.63) is 0 Å². The van der Waals surface area contributed by atoms with E-state index in [0.717, 1.165) is 43.4 Å². The molecule has 0 saturated heterocycles. The van der Waals surface area contributed by atoms with Crippen LogP contribution >= 0.6 is 0 Å². The monoisotopic (exact) mass is 306 g/mol. The lowest BCUT2D eigenvalue weighted by Gasteiger charge is -2.60. The molecule has 2 heteroatoms. The molecule has 2 nitrogen and oxygen atoms in total. The minimum absolute atomic E-state index is 0. The van der Waals surface area contributed by atoms with E-state index in [-0.39, 0.29) is 18.9 Å². The Morgan fingerprint density at radius 2 is 1.68 bits per heavy atom. The van der Waals surface area contributed by atoms with E-state index in [1.165, 1.54) is 32.1 Å². The van der Waals surface area contributed by atoms with Gasteiger partial charge in [-0.05, 0) is 79.4 Å². The molecule has 4 fully saturated rings. The van der Waals surface area contributed by atoms with Crippen molar-refractivity contribution in [2.75, 3.05) is 0 Å². The second-order valence-electron chi connectivity index (χ2n) is 9.04. The van der Waals surface area contributed by atoms with Crippen LogP contribution in [0.3, 0.4) is 0 Å². The van der Waals surface area contributed by atoms with Gasteiger partial charge in [0, 0.05) is 12.8 Å². The first-order chi connectivity index (χ1) is 9.95. The number of ketones is 1. The molecule has 0 aromatic carbocycles. The lowest BCUT2D eigenvalue weighted by atomic mass is 9.45. The van der Waals surface area contributed by atoms with Gasteiger partial charge in [-0.3, -0.25) is 4.79 Å². The van der Waals surface area contributed by atoms with E-state index in [1.54, 1.807) is 0 Å². The molecule has 0 aliphatic heterocycles. The minimum Gasteiger partial charge on any atom is -0.393 e. The average Bonchev–Trinajstić information content (AvgIpc) is 2.76. The molecule has 0 heterocycles. The lowest BCUT2D eigenvalue weighted by molar-refractivity contribution is -0.141. The van der Waals surface area contributed by atoms with E-state index >= 15 is 0 Å². The maximum absolute atomic E-state index is 11.9. The van der Waals surface area contributed by atoms with Crippen molar-refractivity contribution in [3.63, 3.8) is 0 Å². The maximum Gasteiger partial charge on any atom is 0.133 e. The predicted molar refractivity (Wildman–Crippen MR) is 89.5 cm³/mol. The number of fused-ring (bicyclic) bond motifs is 5. The van der Waals surface area contributed by atoms with Crippen molar-refractivity contribution in [2.24, 2.45) is 34.5 Å². The fourth-order valence-electron chi connectivity index (χ4n) is 7.02. The number of carbonyl (C=O) groups excluding carboxylic acids is 1. The minimum atomic E-state index is -0.0677. The molecule has 0 radical (unpaired) electrons. The highest BCUT2D eigenvalue weighted by Crippen LogP contribution is 2.65. The summed E-state index contributed by atoms with van der Waals surface area (Å²) >= 11 is 0. The van der Waals surface area contributed by atoms with Crippen LogP contribution in [-0.2, 0) is 4.79 Å². The van der Waals surface area contributed by atoms with Crippen molar-refractivity contribution in [3.8, 4) is 0 Å². The maximum atomic E-state index is 11.9. The largest absolute Gasteiger partial charge is 0.393 e. The Labute approximate surface area is 136 Å². The normalized spacial score (nSPS) is 54.0. The van der Waals surface area contributed by atoms with Crippen molar-refractivity contribution >= 4 is 5.78 Å². The van der Waals surface area contributed by atoms with Gasteiger partial charge in [0.15, 0.2) is 0 Å². The van der Waals surface area contributed by atoms with Crippen LogP contribution in [0, 0.1) is 34.5 Å². The number of aliphatic hydroxyl groups excluding tert-OH is 1. The quantitative estimate of drug-likeness (QED) is 0.710. The number of aliphatic hydroxyl groups is 1. The molecule has 7 atom stereocenters. The molecule has 126 valence electrons. The van der Waals surface area contributed by atoms with E-state index in [1.807, 2.05) is 0 Å². The molecule has 4 rings (SSSR count). The first-order valence-corrected chi connectivity index (χ1v) is 9.15. The van der Waals surface area contributed by atoms with Gasteiger partial charge < -0.3 is 5.11 Å². The molecule has 0 aromatic rings. The van der Waals surface area contributed by atoms with E-state index in [0.29, 0.717) is 17.1 Å². The summed E-state index contributed by atoms with van der Waals surface area (Å²) in [6.07, 6.45) is 10.0. The molecule has 4 aliphatic rings. The van der Waals surface area contributed by atoms with Gasteiger partial charge in [-0.25, -0.2) is 0 Å². The van der Waals surface area contributed by atoms with Gasteiger partial charge in [-0.2, -0.15) is 0 Å². The van der Waals surface area contributed by atoms with Crippen LogP contribution in [-0.4, -0.2) is 17.0 Å². The number of hydrogen-bond acceptors (Lipinski definition) is 2.